The number of hydrogen-bond donors (Lipinski definition) is 0. The second-order valence-corrected chi connectivity index (χ2v) is 4.54. The zero-order chi connectivity index (χ0) is 17.1. The van der Waals surface area contributed by atoms with Crippen LogP contribution in [0.3, 0.4) is 0 Å². The fourth-order valence-electron chi connectivity index (χ4n) is 2.29. The summed E-state index contributed by atoms with van der Waals surface area (Å²) in [6, 6.07) is 0. The fourth-order valence-corrected chi connectivity index (χ4v) is 2.29. The van der Waals surface area contributed by atoms with E-state index in [9.17, 15) is 17.3 Å². The molecule has 0 unspecified atom stereocenters. The number of guanidine groups is 1. The lowest BCUT2D eigenvalue weighted by Gasteiger charge is -2.39. The van der Waals surface area contributed by atoms with E-state index in [0.29, 0.717) is 0 Å². The van der Waals surface area contributed by atoms with Crippen LogP contribution >= 0.6 is 0 Å². The minimum atomic E-state index is -6.00. The van der Waals surface area contributed by atoms with Crippen molar-refractivity contribution in [1.29, 1.82) is 0 Å². The van der Waals surface area contributed by atoms with E-state index in [2.05, 4.69) is 46.4 Å². The molecular formula is C13H30BF4N3. The van der Waals surface area contributed by atoms with Crippen LogP contribution in [0.25, 0.3) is 0 Å². The smallest absolute Gasteiger partial charge is 0.418 e. The average Bonchev–Trinajstić information content (AvgIpc) is 2.41. The van der Waals surface area contributed by atoms with Crippen LogP contribution in [0.1, 0.15) is 41.5 Å². The first kappa shape index (κ1) is 22.5. The predicted octanol–water partition coefficient (Wildman–Crippen LogP) is 3.88. The molecule has 0 aliphatic rings. The first-order valence-electron chi connectivity index (χ1n) is 7.68. The van der Waals surface area contributed by atoms with Gasteiger partial charge in [-0.2, -0.15) is 0 Å². The Hall–Kier alpha value is -0.785. The van der Waals surface area contributed by atoms with Gasteiger partial charge in [-0.1, -0.05) is 0 Å². The molecule has 0 aromatic rings. The molecule has 0 radical (unpaired) electrons. The Morgan fingerprint density at radius 3 is 1.38 bits per heavy atom. The molecule has 0 aromatic heterocycles. The van der Waals surface area contributed by atoms with E-state index in [0.717, 1.165) is 43.8 Å². The Labute approximate surface area is 126 Å². The number of rotatable bonds is 6. The van der Waals surface area contributed by atoms with Gasteiger partial charge in [0, 0.05) is 19.6 Å². The first-order chi connectivity index (χ1) is 9.65. The molecule has 0 saturated heterocycles. The zero-order valence-corrected chi connectivity index (χ0v) is 14.2. The molecule has 8 heteroatoms. The van der Waals surface area contributed by atoms with Gasteiger partial charge in [0.2, 0.25) is 0 Å². The zero-order valence-electron chi connectivity index (χ0n) is 14.2. The summed E-state index contributed by atoms with van der Waals surface area (Å²) in [7, 11) is -6.00. The highest BCUT2D eigenvalue weighted by atomic mass is 19.5. The summed E-state index contributed by atoms with van der Waals surface area (Å²) in [5.41, 5.74) is 0. The van der Waals surface area contributed by atoms with Gasteiger partial charge in [-0.3, -0.25) is 4.48 Å². The second-order valence-electron chi connectivity index (χ2n) is 4.54. The van der Waals surface area contributed by atoms with Crippen LogP contribution in [0, 0.1) is 0 Å². The molecule has 0 spiro atoms. The van der Waals surface area contributed by atoms with Crippen molar-refractivity contribution < 1.29 is 21.7 Å². The third-order valence-electron chi connectivity index (χ3n) is 3.59. The molecule has 3 nitrogen and oxygen atoms in total. The SMILES string of the molecule is CCN=C(N(CC)CC)[N+](CC)(CC)CC.F[B-](F)(F)F. The van der Waals surface area contributed by atoms with E-state index in [4.69, 9.17) is 4.99 Å². The Morgan fingerprint density at radius 1 is 0.857 bits per heavy atom. The Morgan fingerprint density at radius 2 is 1.19 bits per heavy atom. The third-order valence-corrected chi connectivity index (χ3v) is 3.59. The monoisotopic (exact) mass is 315 g/mol. The van der Waals surface area contributed by atoms with Crippen molar-refractivity contribution in [3.8, 4) is 0 Å². The standard InChI is InChI=1S/C13H30N3.BF4/c1-7-14-13(15(8-2)9-3)16(10-4,11-5)12-6;2-1(3,4)5/h7-12H2,1-6H3;/q+1;-1. The molecule has 0 rings (SSSR count). The van der Waals surface area contributed by atoms with E-state index >= 15 is 0 Å². The summed E-state index contributed by atoms with van der Waals surface area (Å²) in [5.74, 6) is 1.28. The van der Waals surface area contributed by atoms with E-state index in [1.165, 1.54) is 5.96 Å². The van der Waals surface area contributed by atoms with Crippen LogP contribution in [-0.4, -0.2) is 61.9 Å². The normalized spacial score (nSPS) is 12.8. The molecule has 0 aromatic carbocycles. The van der Waals surface area contributed by atoms with Crippen molar-refractivity contribution in [3.63, 3.8) is 0 Å². The molecule has 0 N–H and O–H groups in total. The van der Waals surface area contributed by atoms with Crippen molar-refractivity contribution in [2.45, 2.75) is 41.5 Å². The summed E-state index contributed by atoms with van der Waals surface area (Å²) in [6.07, 6.45) is 0. The predicted molar refractivity (Wildman–Crippen MR) is 83.0 cm³/mol. The average molecular weight is 315 g/mol. The minimum absolute atomic E-state index is 0.881. The molecule has 0 aliphatic carbocycles. The van der Waals surface area contributed by atoms with Gasteiger partial charge in [0.1, 0.15) is 0 Å². The van der Waals surface area contributed by atoms with Crippen LogP contribution in [0.15, 0.2) is 4.99 Å². The number of nitrogens with zero attached hydrogens (tertiary/aromatic N) is 3. The molecule has 128 valence electrons. The van der Waals surface area contributed by atoms with Crippen molar-refractivity contribution >= 4 is 13.2 Å². The van der Waals surface area contributed by atoms with E-state index in [1.807, 2.05) is 0 Å². The van der Waals surface area contributed by atoms with Crippen molar-refractivity contribution in [3.05, 3.63) is 0 Å². The lowest BCUT2D eigenvalue weighted by atomic mass is 10.3. The van der Waals surface area contributed by atoms with Crippen LogP contribution in [-0.2, 0) is 0 Å². The fraction of sp³-hybridized carbons (Fsp3) is 0.923. The van der Waals surface area contributed by atoms with Gasteiger partial charge in [-0.25, -0.2) is 4.99 Å². The van der Waals surface area contributed by atoms with Crippen molar-refractivity contribution in [2.75, 3.05) is 39.3 Å². The molecule has 0 amide bonds. The minimum Gasteiger partial charge on any atom is -0.418 e. The molecule has 0 heterocycles. The van der Waals surface area contributed by atoms with E-state index in [1.54, 1.807) is 0 Å². The van der Waals surface area contributed by atoms with Crippen LogP contribution in [0.2, 0.25) is 0 Å². The maximum absolute atomic E-state index is 9.75. The van der Waals surface area contributed by atoms with Crippen molar-refractivity contribution in [1.82, 2.24) is 4.90 Å². The molecule has 0 fully saturated rings. The van der Waals surface area contributed by atoms with Gasteiger partial charge >= 0.3 is 7.25 Å². The molecule has 0 atom stereocenters. The maximum Gasteiger partial charge on any atom is 0.673 e. The van der Waals surface area contributed by atoms with E-state index in [-0.39, 0.29) is 0 Å². The van der Waals surface area contributed by atoms with Gasteiger partial charge < -0.3 is 22.2 Å². The Balaban J connectivity index is 0. The lowest BCUT2D eigenvalue weighted by Crippen LogP contribution is -2.59. The van der Waals surface area contributed by atoms with Crippen LogP contribution < -0.4 is 0 Å². The summed E-state index contributed by atoms with van der Waals surface area (Å²) in [4.78, 5) is 7.17. The third kappa shape index (κ3) is 8.96. The number of aliphatic imine (C=N–C) groups is 1. The summed E-state index contributed by atoms with van der Waals surface area (Å²) in [6.45, 7) is 19.7. The summed E-state index contributed by atoms with van der Waals surface area (Å²) in [5, 5.41) is 0. The highest BCUT2D eigenvalue weighted by Crippen LogP contribution is 2.12. The van der Waals surface area contributed by atoms with Gasteiger partial charge in [-0.05, 0) is 41.5 Å². The maximum atomic E-state index is 9.75. The number of halogens is 4. The van der Waals surface area contributed by atoms with Gasteiger partial charge in [-0.15, -0.1) is 0 Å². The first-order valence-corrected chi connectivity index (χ1v) is 7.68. The summed E-state index contributed by atoms with van der Waals surface area (Å²) < 4.78 is 40.0. The van der Waals surface area contributed by atoms with Gasteiger partial charge in [0.25, 0.3) is 5.96 Å². The number of hydrogen-bond acceptors (Lipinski definition) is 1. The Bertz CT molecular complexity index is 273. The highest BCUT2D eigenvalue weighted by Gasteiger charge is 2.32. The molecule has 21 heavy (non-hydrogen) atoms. The molecule has 0 saturated carbocycles. The molecule has 0 aliphatic heterocycles. The largest absolute Gasteiger partial charge is 0.673 e. The molecular weight excluding hydrogens is 285 g/mol. The van der Waals surface area contributed by atoms with Crippen LogP contribution in [0.4, 0.5) is 17.3 Å². The van der Waals surface area contributed by atoms with E-state index < -0.39 is 7.25 Å². The molecule has 0 bridgehead atoms. The number of quaternary nitrogens is 1. The van der Waals surface area contributed by atoms with Gasteiger partial charge in [0.15, 0.2) is 0 Å². The van der Waals surface area contributed by atoms with Crippen LogP contribution in [0.5, 0.6) is 0 Å². The Kier molecular flexibility index (Phi) is 11.6. The topological polar surface area (TPSA) is 15.6 Å². The lowest BCUT2D eigenvalue weighted by molar-refractivity contribution is -0.841. The summed E-state index contributed by atoms with van der Waals surface area (Å²) >= 11 is 0. The quantitative estimate of drug-likeness (QED) is 0.239. The van der Waals surface area contributed by atoms with Gasteiger partial charge in [0.05, 0.1) is 19.6 Å². The second kappa shape index (κ2) is 10.9. The van der Waals surface area contributed by atoms with Crippen molar-refractivity contribution in [2.24, 2.45) is 4.99 Å². The highest BCUT2D eigenvalue weighted by molar-refractivity contribution is 6.50.